The van der Waals surface area contributed by atoms with Crippen molar-refractivity contribution in [1.29, 1.82) is 0 Å². The number of fused-ring (bicyclic) bond motifs is 1. The van der Waals surface area contributed by atoms with E-state index in [4.69, 9.17) is 16.3 Å². The highest BCUT2D eigenvalue weighted by molar-refractivity contribution is 7.90. The Hall–Kier alpha value is -3.31. The zero-order valence-electron chi connectivity index (χ0n) is 23.9. The monoisotopic (exact) mass is 619 g/mol. The highest BCUT2D eigenvalue weighted by Crippen LogP contribution is 2.45. The fraction of sp³-hybridized carbons (Fsp3) is 0.433. The van der Waals surface area contributed by atoms with E-state index in [1.807, 2.05) is 32.9 Å². The Morgan fingerprint density at radius 2 is 1.86 bits per heavy atom. The number of carbonyl (C=O) groups is 2. The first-order valence-corrected chi connectivity index (χ1v) is 15.6. The maximum atomic E-state index is 14.9. The lowest BCUT2D eigenvalue weighted by Gasteiger charge is -2.29. The normalized spacial score (nSPS) is 17.1. The van der Waals surface area contributed by atoms with Crippen molar-refractivity contribution in [3.05, 3.63) is 80.5 Å². The molecule has 1 atom stereocenters. The van der Waals surface area contributed by atoms with Crippen LogP contribution in [0.15, 0.2) is 35.4 Å². The highest BCUT2D eigenvalue weighted by Gasteiger charge is 2.36. The van der Waals surface area contributed by atoms with Crippen LogP contribution in [0, 0.1) is 11.6 Å². The van der Waals surface area contributed by atoms with Crippen molar-refractivity contribution in [3.63, 3.8) is 0 Å². The van der Waals surface area contributed by atoms with Crippen molar-refractivity contribution in [2.24, 2.45) is 0 Å². The van der Waals surface area contributed by atoms with Gasteiger partial charge >= 0.3 is 6.09 Å². The second-order valence-corrected chi connectivity index (χ2v) is 14.0. The van der Waals surface area contributed by atoms with E-state index < -0.39 is 55.2 Å². The summed E-state index contributed by atoms with van der Waals surface area (Å²) in [5, 5.41) is 2.88. The SMILES string of the molecule is CC(C)c1cc(C(C)c2ccc(F)c(Cl)c2F)cc(C2CC2)c1CC(=O)NS(=O)(=O)c1cc2n(n1)C(=O)OC(C)(C)C2. The van der Waals surface area contributed by atoms with Gasteiger partial charge in [0.15, 0.2) is 5.03 Å². The molecule has 1 aliphatic carbocycles. The van der Waals surface area contributed by atoms with Gasteiger partial charge in [0.05, 0.1) is 12.1 Å². The number of cyclic esters (lactones) is 1. The summed E-state index contributed by atoms with van der Waals surface area (Å²) < 4.78 is 63.2. The van der Waals surface area contributed by atoms with Crippen LogP contribution in [0.1, 0.15) is 98.7 Å². The van der Waals surface area contributed by atoms with Crippen LogP contribution in [0.2, 0.25) is 5.02 Å². The predicted molar refractivity (Wildman–Crippen MR) is 152 cm³/mol. The van der Waals surface area contributed by atoms with Crippen LogP contribution in [0.5, 0.6) is 0 Å². The molecule has 0 radical (unpaired) electrons. The number of carbonyl (C=O) groups excluding carboxylic acids is 2. The minimum atomic E-state index is -4.38. The lowest BCUT2D eigenvalue weighted by molar-refractivity contribution is -0.118. The average molecular weight is 620 g/mol. The number of hydrogen-bond donors (Lipinski definition) is 1. The summed E-state index contributed by atoms with van der Waals surface area (Å²) in [5.41, 5.74) is 3.06. The van der Waals surface area contributed by atoms with Crippen molar-refractivity contribution in [3.8, 4) is 0 Å². The average Bonchev–Trinajstić information content (AvgIpc) is 3.64. The van der Waals surface area contributed by atoms with Crippen LogP contribution in [0.4, 0.5) is 13.6 Å². The van der Waals surface area contributed by atoms with Gasteiger partial charge in [0.2, 0.25) is 5.91 Å². The molecule has 1 saturated carbocycles. The number of ether oxygens (including phenoxy) is 1. The molecule has 42 heavy (non-hydrogen) atoms. The summed E-state index contributed by atoms with van der Waals surface area (Å²) >= 11 is 5.84. The van der Waals surface area contributed by atoms with Crippen LogP contribution in [0.25, 0.3) is 0 Å². The topological polar surface area (TPSA) is 107 Å². The standard InChI is InChI=1S/C30H32ClF2N3O5S/c1-15(2)21-10-18(16(3)20-8-9-24(32)27(31)28(20)33)11-22(17-6-7-17)23(21)13-25(37)35-42(39,40)26-12-19-14-30(4,5)41-29(38)36(19)34-26/h8-12,15-17H,6-7,13-14H2,1-5H3,(H,35,37). The molecule has 0 bridgehead atoms. The zero-order chi connectivity index (χ0) is 30.7. The number of aromatic nitrogens is 2. The lowest BCUT2D eigenvalue weighted by atomic mass is 9.83. The van der Waals surface area contributed by atoms with Gasteiger partial charge in [-0.2, -0.15) is 13.1 Å². The van der Waals surface area contributed by atoms with Crippen LogP contribution < -0.4 is 4.72 Å². The van der Waals surface area contributed by atoms with Crippen molar-refractivity contribution in [1.82, 2.24) is 14.5 Å². The van der Waals surface area contributed by atoms with Gasteiger partial charge < -0.3 is 4.74 Å². The van der Waals surface area contributed by atoms with E-state index in [2.05, 4.69) is 9.82 Å². The Balaban J connectivity index is 1.45. The molecule has 8 nitrogen and oxygen atoms in total. The van der Waals surface area contributed by atoms with E-state index in [0.717, 1.165) is 45.8 Å². The van der Waals surface area contributed by atoms with E-state index in [0.29, 0.717) is 5.69 Å². The van der Waals surface area contributed by atoms with Crippen molar-refractivity contribution in [2.45, 2.75) is 88.7 Å². The van der Waals surface area contributed by atoms with E-state index in [9.17, 15) is 26.8 Å². The Bertz CT molecular complexity index is 1690. The van der Waals surface area contributed by atoms with Crippen LogP contribution in [-0.2, 0) is 32.4 Å². The third-order valence-electron chi connectivity index (χ3n) is 7.78. The van der Waals surface area contributed by atoms with Gasteiger partial charge in [-0.3, -0.25) is 4.79 Å². The van der Waals surface area contributed by atoms with E-state index in [-0.39, 0.29) is 30.2 Å². The molecule has 1 fully saturated rings. The molecule has 224 valence electrons. The van der Waals surface area contributed by atoms with Gasteiger partial charge in [0, 0.05) is 18.4 Å². The third kappa shape index (κ3) is 5.81. The molecule has 1 aliphatic heterocycles. The maximum absolute atomic E-state index is 14.9. The molecule has 2 aliphatic rings. The number of sulfonamides is 1. The quantitative estimate of drug-likeness (QED) is 0.295. The smallest absolute Gasteiger partial charge is 0.435 e. The number of hydrogen-bond acceptors (Lipinski definition) is 6. The zero-order valence-corrected chi connectivity index (χ0v) is 25.5. The van der Waals surface area contributed by atoms with E-state index in [1.165, 1.54) is 12.1 Å². The molecule has 3 aromatic rings. The largest absolute Gasteiger partial charge is 0.441 e. The van der Waals surface area contributed by atoms with Gasteiger partial charge in [0.1, 0.15) is 22.3 Å². The number of nitrogens with one attached hydrogen (secondary N) is 1. The first-order valence-electron chi connectivity index (χ1n) is 13.8. The highest BCUT2D eigenvalue weighted by atomic mass is 35.5. The molecule has 1 aromatic heterocycles. The van der Waals surface area contributed by atoms with Gasteiger partial charge in [-0.05, 0) is 72.4 Å². The first-order chi connectivity index (χ1) is 19.6. The Morgan fingerprint density at radius 1 is 1.17 bits per heavy atom. The van der Waals surface area contributed by atoms with Gasteiger partial charge in [-0.15, -0.1) is 5.10 Å². The number of benzene rings is 2. The third-order valence-corrected chi connectivity index (χ3v) is 9.37. The van der Waals surface area contributed by atoms with Crippen LogP contribution >= 0.6 is 11.6 Å². The fourth-order valence-corrected chi connectivity index (χ4v) is 6.61. The first kappa shape index (κ1) is 30.2. The van der Waals surface area contributed by atoms with Gasteiger partial charge in [0.25, 0.3) is 10.0 Å². The van der Waals surface area contributed by atoms with Crippen molar-refractivity contribution in [2.75, 3.05) is 0 Å². The molecule has 1 unspecified atom stereocenters. The lowest BCUT2D eigenvalue weighted by Crippen LogP contribution is -2.39. The van der Waals surface area contributed by atoms with Crippen LogP contribution in [-0.4, -0.2) is 35.8 Å². The summed E-state index contributed by atoms with van der Waals surface area (Å²) in [6.45, 7) is 9.15. The Labute approximate surface area is 248 Å². The van der Waals surface area contributed by atoms with E-state index in [1.54, 1.807) is 13.8 Å². The molecule has 2 heterocycles. The number of rotatable bonds is 8. The molecule has 0 spiro atoms. The molecule has 12 heteroatoms. The summed E-state index contributed by atoms with van der Waals surface area (Å²) in [4.78, 5) is 25.5. The number of halogens is 3. The number of amides is 1. The summed E-state index contributed by atoms with van der Waals surface area (Å²) in [6.07, 6.45) is 1.09. The van der Waals surface area contributed by atoms with Crippen LogP contribution in [0.3, 0.4) is 0 Å². The molecule has 1 N–H and O–H groups in total. The predicted octanol–water partition coefficient (Wildman–Crippen LogP) is 6.33. The summed E-state index contributed by atoms with van der Waals surface area (Å²) in [5.74, 6) is -2.69. The van der Waals surface area contributed by atoms with Crippen molar-refractivity contribution >= 4 is 33.6 Å². The minimum absolute atomic E-state index is 0.0371. The second-order valence-electron chi connectivity index (χ2n) is 12.0. The molecule has 5 rings (SSSR count). The Morgan fingerprint density at radius 3 is 2.50 bits per heavy atom. The maximum Gasteiger partial charge on any atom is 0.435 e. The molecule has 2 aromatic carbocycles. The molecule has 1 amide bonds. The minimum Gasteiger partial charge on any atom is -0.441 e. The fourth-order valence-electron chi connectivity index (χ4n) is 5.49. The second kappa shape index (κ2) is 10.8. The molecule has 0 saturated heterocycles. The van der Waals surface area contributed by atoms with E-state index >= 15 is 0 Å². The molecular formula is C30H32ClF2N3O5S. The Kier molecular flexibility index (Phi) is 7.72. The summed E-state index contributed by atoms with van der Waals surface area (Å²) in [7, 11) is -4.38. The van der Waals surface area contributed by atoms with Crippen molar-refractivity contribution < 1.29 is 31.5 Å². The van der Waals surface area contributed by atoms with Gasteiger partial charge in [-0.25, -0.2) is 18.3 Å². The summed E-state index contributed by atoms with van der Waals surface area (Å²) in [6, 6.07) is 7.62. The number of nitrogens with zero attached hydrogens (tertiary/aromatic N) is 2. The van der Waals surface area contributed by atoms with Gasteiger partial charge in [-0.1, -0.05) is 50.6 Å². The molecular weight excluding hydrogens is 588 g/mol.